The molecule has 2 nitrogen and oxygen atoms in total. The smallest absolute Gasteiger partial charge is 0.101 e. The fourth-order valence-corrected chi connectivity index (χ4v) is 7.22. The van der Waals surface area contributed by atoms with Gasteiger partial charge in [0.15, 0.2) is 0 Å². The molecule has 1 atom stereocenters. The fraction of sp³-hybridized carbons (Fsp3) is 0.952. The van der Waals surface area contributed by atoms with Crippen molar-refractivity contribution in [1.29, 1.82) is 0 Å². The molecule has 0 aliphatic carbocycles. The van der Waals surface area contributed by atoms with E-state index in [4.69, 9.17) is 0 Å². The molecule has 0 saturated carbocycles. The van der Waals surface area contributed by atoms with Gasteiger partial charge in [0.1, 0.15) is 6.17 Å². The maximum Gasteiger partial charge on any atom is 0.101 e. The Morgan fingerprint density at radius 3 is 0.864 bits per heavy atom. The maximum atomic E-state index is 2.70. The summed E-state index contributed by atoms with van der Waals surface area (Å²) in [6.07, 6.45) is 54.5. The topological polar surface area (TPSA) is 6.48 Å². The van der Waals surface area contributed by atoms with Crippen molar-refractivity contribution in [1.82, 2.24) is 9.80 Å². The number of hydrogen-bond acceptors (Lipinski definition) is 2. The average molecular weight is 617 g/mol. The van der Waals surface area contributed by atoms with E-state index in [1.165, 1.54) is 231 Å². The summed E-state index contributed by atoms with van der Waals surface area (Å²) in [5, 5.41) is 0. The van der Waals surface area contributed by atoms with Gasteiger partial charge >= 0.3 is 0 Å². The molecule has 0 fully saturated rings. The van der Waals surface area contributed by atoms with Gasteiger partial charge in [0.2, 0.25) is 0 Å². The summed E-state index contributed by atoms with van der Waals surface area (Å²) in [4.78, 5) is 5.36. The van der Waals surface area contributed by atoms with Gasteiger partial charge in [0, 0.05) is 25.5 Å². The lowest BCUT2D eigenvalue weighted by Gasteiger charge is -2.33. The highest BCUT2D eigenvalue weighted by molar-refractivity contribution is 4.96. The Balaban J connectivity index is 2.00. The lowest BCUT2D eigenvalue weighted by Crippen LogP contribution is -2.39. The van der Waals surface area contributed by atoms with Crippen LogP contribution in [-0.4, -0.2) is 29.1 Å². The van der Waals surface area contributed by atoms with Crippen LogP contribution >= 0.6 is 0 Å². The highest BCUT2D eigenvalue weighted by Gasteiger charge is 2.24. The highest BCUT2D eigenvalue weighted by atomic mass is 15.4. The van der Waals surface area contributed by atoms with Crippen LogP contribution in [0.15, 0.2) is 12.4 Å². The number of unbranched alkanes of at least 4 members (excludes halogenated alkanes) is 30. The maximum absolute atomic E-state index is 2.70. The van der Waals surface area contributed by atoms with Crippen LogP contribution in [0.25, 0.3) is 0 Å². The first-order valence-corrected chi connectivity index (χ1v) is 21.0. The van der Waals surface area contributed by atoms with E-state index in [2.05, 4.69) is 43.0 Å². The first kappa shape index (κ1) is 41.4. The van der Waals surface area contributed by atoms with Gasteiger partial charge in [0.25, 0.3) is 0 Å². The second-order valence-electron chi connectivity index (χ2n) is 14.6. The monoisotopic (exact) mass is 617 g/mol. The second-order valence-corrected chi connectivity index (χ2v) is 14.6. The van der Waals surface area contributed by atoms with E-state index in [0.29, 0.717) is 6.17 Å². The van der Waals surface area contributed by atoms with Gasteiger partial charge in [-0.05, 0) is 25.7 Å². The van der Waals surface area contributed by atoms with Crippen LogP contribution in [0.1, 0.15) is 239 Å². The first-order valence-electron chi connectivity index (χ1n) is 21.0. The van der Waals surface area contributed by atoms with Crippen molar-refractivity contribution < 1.29 is 0 Å². The SMILES string of the molecule is CCCCCCCCCCCCCCCCCCC1N(CCCC)C=CN1CCCCCCCCCCCCCCCCC. The average Bonchev–Trinajstić information content (AvgIpc) is 3.42. The Morgan fingerprint density at radius 1 is 0.295 bits per heavy atom. The van der Waals surface area contributed by atoms with Gasteiger partial charge in [-0.15, -0.1) is 0 Å². The van der Waals surface area contributed by atoms with Crippen molar-refractivity contribution in [3.05, 3.63) is 12.4 Å². The zero-order valence-corrected chi connectivity index (χ0v) is 31.1. The third-order valence-corrected chi connectivity index (χ3v) is 10.3. The summed E-state index contributed by atoms with van der Waals surface area (Å²) in [5.41, 5.74) is 0. The summed E-state index contributed by atoms with van der Waals surface area (Å²) in [7, 11) is 0. The van der Waals surface area contributed by atoms with Gasteiger partial charge < -0.3 is 9.80 Å². The van der Waals surface area contributed by atoms with Crippen molar-refractivity contribution in [2.24, 2.45) is 0 Å². The van der Waals surface area contributed by atoms with Crippen LogP contribution in [0.3, 0.4) is 0 Å². The second kappa shape index (κ2) is 33.7. The van der Waals surface area contributed by atoms with Crippen molar-refractivity contribution in [2.75, 3.05) is 13.1 Å². The Kier molecular flexibility index (Phi) is 31.7. The summed E-state index contributed by atoms with van der Waals surface area (Å²) in [6, 6.07) is 0. The molecular weight excluding hydrogens is 532 g/mol. The Hall–Kier alpha value is -0.660. The van der Waals surface area contributed by atoms with Crippen molar-refractivity contribution in [3.63, 3.8) is 0 Å². The van der Waals surface area contributed by atoms with Crippen LogP contribution < -0.4 is 0 Å². The standard InChI is InChI=1S/C42H84N2/c1-4-7-10-12-14-16-18-20-22-23-25-27-29-31-33-35-37-42-43(38-9-6-3)40-41-44(42)39-36-34-32-30-28-26-24-21-19-17-15-13-11-8-5-2/h40-42H,4-39H2,1-3H3. The number of rotatable bonds is 36. The molecule has 1 heterocycles. The predicted octanol–water partition coefficient (Wildman–Crippen LogP) is 14.7. The van der Waals surface area contributed by atoms with Crippen molar-refractivity contribution in [3.8, 4) is 0 Å². The summed E-state index contributed by atoms with van der Waals surface area (Å²) in [6.45, 7) is 9.46. The summed E-state index contributed by atoms with van der Waals surface area (Å²) < 4.78 is 0. The lowest BCUT2D eigenvalue weighted by atomic mass is 10.0. The first-order chi connectivity index (χ1) is 21.8. The molecule has 1 aliphatic rings. The van der Waals surface area contributed by atoms with E-state index in [-0.39, 0.29) is 0 Å². The van der Waals surface area contributed by atoms with Crippen LogP contribution in [0.5, 0.6) is 0 Å². The minimum absolute atomic E-state index is 0.639. The molecule has 0 amide bonds. The molecule has 0 N–H and O–H groups in total. The van der Waals surface area contributed by atoms with Crippen LogP contribution in [-0.2, 0) is 0 Å². The van der Waals surface area contributed by atoms with Gasteiger partial charge in [-0.3, -0.25) is 0 Å². The number of nitrogens with zero attached hydrogens (tertiary/aromatic N) is 2. The van der Waals surface area contributed by atoms with Crippen LogP contribution in [0, 0.1) is 0 Å². The molecule has 262 valence electrons. The number of hydrogen-bond donors (Lipinski definition) is 0. The molecule has 44 heavy (non-hydrogen) atoms. The van der Waals surface area contributed by atoms with Gasteiger partial charge in [-0.1, -0.05) is 213 Å². The molecule has 0 bridgehead atoms. The minimum atomic E-state index is 0.639. The Labute approximate surface area is 280 Å². The summed E-state index contributed by atoms with van der Waals surface area (Å²) >= 11 is 0. The quantitative estimate of drug-likeness (QED) is 0.0646. The van der Waals surface area contributed by atoms with E-state index in [1.807, 2.05) is 0 Å². The van der Waals surface area contributed by atoms with E-state index >= 15 is 0 Å². The predicted molar refractivity (Wildman–Crippen MR) is 200 cm³/mol. The molecule has 1 aliphatic heterocycles. The molecule has 0 radical (unpaired) electrons. The zero-order chi connectivity index (χ0) is 31.6. The van der Waals surface area contributed by atoms with Crippen molar-refractivity contribution in [2.45, 2.75) is 245 Å². The zero-order valence-electron chi connectivity index (χ0n) is 31.1. The normalized spacial score (nSPS) is 14.8. The highest BCUT2D eigenvalue weighted by Crippen LogP contribution is 2.24. The summed E-state index contributed by atoms with van der Waals surface area (Å²) in [5.74, 6) is 0. The van der Waals surface area contributed by atoms with Gasteiger partial charge in [-0.25, -0.2) is 0 Å². The van der Waals surface area contributed by atoms with E-state index in [1.54, 1.807) is 0 Å². The molecule has 0 aromatic heterocycles. The van der Waals surface area contributed by atoms with E-state index < -0.39 is 0 Å². The lowest BCUT2D eigenvalue weighted by molar-refractivity contribution is 0.136. The van der Waals surface area contributed by atoms with E-state index in [0.717, 1.165) is 0 Å². The van der Waals surface area contributed by atoms with Gasteiger partial charge in [0.05, 0.1) is 0 Å². The molecule has 0 aromatic carbocycles. The van der Waals surface area contributed by atoms with Crippen LogP contribution in [0.4, 0.5) is 0 Å². The molecule has 2 heteroatoms. The third kappa shape index (κ3) is 25.5. The van der Waals surface area contributed by atoms with Gasteiger partial charge in [-0.2, -0.15) is 0 Å². The third-order valence-electron chi connectivity index (χ3n) is 10.3. The molecule has 0 aromatic rings. The van der Waals surface area contributed by atoms with E-state index in [9.17, 15) is 0 Å². The van der Waals surface area contributed by atoms with Crippen LogP contribution in [0.2, 0.25) is 0 Å². The molecule has 1 rings (SSSR count). The fourth-order valence-electron chi connectivity index (χ4n) is 7.22. The Bertz CT molecular complexity index is 572. The molecule has 0 saturated heterocycles. The molecule has 1 unspecified atom stereocenters. The molecule has 0 spiro atoms. The molecular formula is C42H84N2. The Morgan fingerprint density at radius 2 is 0.545 bits per heavy atom. The minimum Gasteiger partial charge on any atom is -0.356 e. The largest absolute Gasteiger partial charge is 0.356 e. The van der Waals surface area contributed by atoms with Crippen molar-refractivity contribution >= 4 is 0 Å².